The van der Waals surface area contributed by atoms with E-state index in [-0.39, 0.29) is 0 Å². The number of fused-ring (bicyclic) bond motifs is 1. The first-order valence-corrected chi connectivity index (χ1v) is 11.0. The molecule has 0 saturated carbocycles. The second-order valence-corrected chi connectivity index (χ2v) is 8.04. The molecule has 152 valence electrons. The van der Waals surface area contributed by atoms with Crippen molar-refractivity contribution in [2.45, 2.75) is 64.4 Å². The molecule has 2 heterocycles. The van der Waals surface area contributed by atoms with Gasteiger partial charge in [0.15, 0.2) is 0 Å². The molecule has 1 aromatic carbocycles. The van der Waals surface area contributed by atoms with Crippen molar-refractivity contribution in [1.29, 1.82) is 0 Å². The average molecular weight is 375 g/mol. The molecule has 0 aromatic heterocycles. The number of methoxy groups -OCH3 is 1. The van der Waals surface area contributed by atoms with Gasteiger partial charge in [0.25, 0.3) is 0 Å². The van der Waals surface area contributed by atoms with Gasteiger partial charge in [-0.3, -0.25) is 0 Å². The zero-order valence-electron chi connectivity index (χ0n) is 17.6. The van der Waals surface area contributed by atoms with Crippen LogP contribution in [0.25, 0.3) is 0 Å². The Kier molecular flexibility index (Phi) is 7.83. The van der Waals surface area contributed by atoms with Crippen molar-refractivity contribution < 1.29 is 9.47 Å². The first kappa shape index (κ1) is 20.5. The van der Waals surface area contributed by atoms with E-state index in [2.05, 4.69) is 41.8 Å². The van der Waals surface area contributed by atoms with E-state index in [1.807, 2.05) is 0 Å². The molecule has 1 atom stereocenters. The van der Waals surface area contributed by atoms with E-state index in [1.165, 1.54) is 63.0 Å². The molecule has 4 heteroatoms. The van der Waals surface area contributed by atoms with Crippen molar-refractivity contribution in [3.05, 3.63) is 23.8 Å². The predicted octanol–water partition coefficient (Wildman–Crippen LogP) is 4.68. The smallest absolute Gasteiger partial charge is 0.142 e. The summed E-state index contributed by atoms with van der Waals surface area (Å²) in [6, 6.07) is 6.57. The predicted molar refractivity (Wildman–Crippen MR) is 113 cm³/mol. The third kappa shape index (κ3) is 5.17. The summed E-state index contributed by atoms with van der Waals surface area (Å²) in [5, 5.41) is 0. The van der Waals surface area contributed by atoms with Gasteiger partial charge in [0.1, 0.15) is 5.75 Å². The van der Waals surface area contributed by atoms with Crippen molar-refractivity contribution in [2.24, 2.45) is 0 Å². The molecule has 0 N–H and O–H groups in total. The van der Waals surface area contributed by atoms with E-state index in [0.29, 0.717) is 12.0 Å². The Balaban J connectivity index is 1.51. The molecule has 0 radical (unpaired) electrons. The van der Waals surface area contributed by atoms with E-state index in [0.717, 1.165) is 31.9 Å². The van der Waals surface area contributed by atoms with Crippen LogP contribution in [0, 0.1) is 0 Å². The summed E-state index contributed by atoms with van der Waals surface area (Å²) < 4.78 is 11.6. The van der Waals surface area contributed by atoms with Crippen LogP contribution >= 0.6 is 0 Å². The lowest BCUT2D eigenvalue weighted by Crippen LogP contribution is -2.39. The number of likely N-dealkylation sites (tertiary alicyclic amines) is 1. The van der Waals surface area contributed by atoms with Gasteiger partial charge in [-0.1, -0.05) is 26.0 Å². The van der Waals surface area contributed by atoms with Crippen molar-refractivity contribution in [3.63, 3.8) is 0 Å². The molecule has 3 rings (SSSR count). The number of hydrogen-bond donors (Lipinski definition) is 0. The fourth-order valence-corrected chi connectivity index (χ4v) is 4.67. The molecule has 27 heavy (non-hydrogen) atoms. The highest BCUT2D eigenvalue weighted by Gasteiger charge is 2.27. The van der Waals surface area contributed by atoms with Gasteiger partial charge < -0.3 is 19.3 Å². The zero-order valence-corrected chi connectivity index (χ0v) is 17.6. The maximum Gasteiger partial charge on any atom is 0.142 e. The SMILES string of the molecule is CCCOC1CCN(CCCN2CCC(CC)c3cccc(OC)c32)CC1. The van der Waals surface area contributed by atoms with Crippen LogP contribution in [0.4, 0.5) is 5.69 Å². The normalized spacial score (nSPS) is 21.3. The minimum absolute atomic E-state index is 0.491. The van der Waals surface area contributed by atoms with Gasteiger partial charge in [-0.05, 0) is 62.6 Å². The lowest BCUT2D eigenvalue weighted by Gasteiger charge is -2.37. The highest BCUT2D eigenvalue weighted by Crippen LogP contribution is 2.42. The monoisotopic (exact) mass is 374 g/mol. The van der Waals surface area contributed by atoms with Crippen LogP contribution in [0.5, 0.6) is 5.75 Å². The van der Waals surface area contributed by atoms with Gasteiger partial charge in [0.2, 0.25) is 0 Å². The summed E-state index contributed by atoms with van der Waals surface area (Å²) in [6.07, 6.45) is 7.69. The number of hydrogen-bond acceptors (Lipinski definition) is 4. The van der Waals surface area contributed by atoms with E-state index in [4.69, 9.17) is 9.47 Å². The van der Waals surface area contributed by atoms with E-state index in [1.54, 1.807) is 7.11 Å². The van der Waals surface area contributed by atoms with Crippen molar-refractivity contribution in [3.8, 4) is 5.75 Å². The quantitative estimate of drug-likeness (QED) is 0.626. The number of para-hydroxylation sites is 1. The van der Waals surface area contributed by atoms with Crippen LogP contribution in [-0.4, -0.2) is 57.4 Å². The highest BCUT2D eigenvalue weighted by molar-refractivity contribution is 5.66. The Morgan fingerprint density at radius 2 is 1.85 bits per heavy atom. The molecule has 1 aromatic rings. The molecule has 1 saturated heterocycles. The molecule has 0 spiro atoms. The lowest BCUT2D eigenvalue weighted by atomic mass is 9.87. The molecule has 0 aliphatic carbocycles. The summed E-state index contributed by atoms with van der Waals surface area (Å²) in [6.45, 7) is 11.2. The number of piperidine rings is 1. The van der Waals surface area contributed by atoms with E-state index >= 15 is 0 Å². The Labute approximate surface area is 165 Å². The van der Waals surface area contributed by atoms with Gasteiger partial charge in [0, 0.05) is 32.8 Å². The number of nitrogens with zero attached hydrogens (tertiary/aromatic N) is 2. The topological polar surface area (TPSA) is 24.9 Å². The first-order chi connectivity index (χ1) is 13.3. The first-order valence-electron chi connectivity index (χ1n) is 11.0. The zero-order chi connectivity index (χ0) is 19.1. The molecular weight excluding hydrogens is 336 g/mol. The van der Waals surface area contributed by atoms with Crippen LogP contribution in [0.2, 0.25) is 0 Å². The fraction of sp³-hybridized carbons (Fsp3) is 0.739. The third-order valence-corrected chi connectivity index (χ3v) is 6.24. The Bertz CT molecular complexity index is 569. The maximum atomic E-state index is 5.92. The Hall–Kier alpha value is -1.26. The number of anilines is 1. The summed E-state index contributed by atoms with van der Waals surface area (Å²) in [5.74, 6) is 1.72. The van der Waals surface area contributed by atoms with Crippen LogP contribution in [0.3, 0.4) is 0 Å². The van der Waals surface area contributed by atoms with Crippen LogP contribution in [-0.2, 0) is 4.74 Å². The maximum absolute atomic E-state index is 5.92. The number of rotatable bonds is 9. The molecule has 4 nitrogen and oxygen atoms in total. The van der Waals surface area contributed by atoms with Crippen molar-refractivity contribution in [1.82, 2.24) is 4.90 Å². The molecule has 0 bridgehead atoms. The largest absolute Gasteiger partial charge is 0.495 e. The van der Waals surface area contributed by atoms with Crippen molar-refractivity contribution >= 4 is 5.69 Å². The van der Waals surface area contributed by atoms with Gasteiger partial charge in [-0.2, -0.15) is 0 Å². The third-order valence-electron chi connectivity index (χ3n) is 6.24. The summed E-state index contributed by atoms with van der Waals surface area (Å²) in [4.78, 5) is 5.19. The van der Waals surface area contributed by atoms with Gasteiger partial charge in [-0.25, -0.2) is 0 Å². The summed E-state index contributed by atoms with van der Waals surface area (Å²) >= 11 is 0. The molecule has 2 aliphatic heterocycles. The highest BCUT2D eigenvalue weighted by atomic mass is 16.5. The molecule has 1 fully saturated rings. The molecule has 1 unspecified atom stereocenters. The minimum atomic E-state index is 0.491. The Morgan fingerprint density at radius 1 is 1.04 bits per heavy atom. The fourth-order valence-electron chi connectivity index (χ4n) is 4.67. The van der Waals surface area contributed by atoms with Crippen LogP contribution in [0.1, 0.15) is 63.9 Å². The number of benzene rings is 1. The standard InChI is InChI=1S/C23H38N2O2/c1-4-18-27-20-11-15-24(16-12-20)13-7-14-25-17-10-19(5-2)21-8-6-9-22(26-3)23(21)25/h6,8-9,19-20H,4-5,7,10-18H2,1-3H3. The van der Waals surface area contributed by atoms with Crippen LogP contribution in [0.15, 0.2) is 18.2 Å². The van der Waals surface area contributed by atoms with Crippen molar-refractivity contribution in [2.75, 3.05) is 51.3 Å². The van der Waals surface area contributed by atoms with E-state index in [9.17, 15) is 0 Å². The number of ether oxygens (including phenoxy) is 2. The lowest BCUT2D eigenvalue weighted by molar-refractivity contribution is 0.00785. The second-order valence-electron chi connectivity index (χ2n) is 8.04. The second kappa shape index (κ2) is 10.3. The van der Waals surface area contributed by atoms with E-state index < -0.39 is 0 Å². The Morgan fingerprint density at radius 3 is 2.56 bits per heavy atom. The van der Waals surface area contributed by atoms with Gasteiger partial charge in [0.05, 0.1) is 18.9 Å². The van der Waals surface area contributed by atoms with Crippen LogP contribution < -0.4 is 9.64 Å². The molecule has 0 amide bonds. The average Bonchev–Trinajstić information content (AvgIpc) is 2.72. The molecular formula is C23H38N2O2. The molecule has 2 aliphatic rings. The summed E-state index contributed by atoms with van der Waals surface area (Å²) in [7, 11) is 1.80. The van der Waals surface area contributed by atoms with Gasteiger partial charge >= 0.3 is 0 Å². The van der Waals surface area contributed by atoms with Gasteiger partial charge in [-0.15, -0.1) is 0 Å². The summed E-state index contributed by atoms with van der Waals surface area (Å²) in [5.41, 5.74) is 2.83. The minimum Gasteiger partial charge on any atom is -0.495 e.